The quantitative estimate of drug-likeness (QED) is 0.158. The van der Waals surface area contributed by atoms with E-state index in [1.807, 2.05) is 6.07 Å². The minimum atomic E-state index is -4.49. The number of halogens is 5. The van der Waals surface area contributed by atoms with Crippen LogP contribution in [0.2, 0.25) is 5.02 Å². The van der Waals surface area contributed by atoms with Crippen molar-refractivity contribution < 1.29 is 27.1 Å². The molecule has 0 fully saturated rings. The lowest BCUT2D eigenvalue weighted by Gasteiger charge is -2.18. The molecule has 0 radical (unpaired) electrons. The van der Waals surface area contributed by atoms with E-state index in [-0.39, 0.29) is 36.2 Å². The first-order valence-electron chi connectivity index (χ1n) is 12.1. The molecule has 0 saturated heterocycles. The van der Waals surface area contributed by atoms with Crippen LogP contribution in [0.25, 0.3) is 11.5 Å². The molecule has 3 aromatic carbocycles. The fraction of sp³-hybridized carbons (Fsp3) is 0.250. The smallest absolute Gasteiger partial charge is 0.423 e. The van der Waals surface area contributed by atoms with Crippen LogP contribution in [0.3, 0.4) is 0 Å². The van der Waals surface area contributed by atoms with Gasteiger partial charge in [-0.25, -0.2) is 9.59 Å². The van der Waals surface area contributed by atoms with E-state index in [4.69, 9.17) is 20.8 Å². The highest BCUT2D eigenvalue weighted by molar-refractivity contribution is 6.30. The fourth-order valence-electron chi connectivity index (χ4n) is 3.92. The third-order valence-electron chi connectivity index (χ3n) is 6.07. The highest BCUT2D eigenvalue weighted by Crippen LogP contribution is 2.30. The van der Waals surface area contributed by atoms with Gasteiger partial charge in [0.1, 0.15) is 5.75 Å². The number of ether oxygens (including phenoxy) is 1. The molecule has 0 amide bonds. The Kier molecular flexibility index (Phi) is 10.2. The van der Waals surface area contributed by atoms with E-state index < -0.39 is 23.5 Å². The standard InChI is InChI=1S/C28H25ClF3N3O4.ClH/c1-3-34(4-2)16-18-6-5-7-20(14-18)26(36)38-24-13-12-23(29)15-21(24)17-35-27(37)39-25(33-35)19-8-10-22(11-9-19)28(30,31)32;/h5-15H,3-4,16-17H2,1-2H3;1H. The van der Waals surface area contributed by atoms with Gasteiger partial charge in [0.05, 0.1) is 17.7 Å². The zero-order chi connectivity index (χ0) is 28.2. The Hall–Kier alpha value is -3.60. The molecule has 1 heterocycles. The summed E-state index contributed by atoms with van der Waals surface area (Å²) in [6, 6.07) is 15.8. The molecule has 7 nitrogen and oxygen atoms in total. The van der Waals surface area contributed by atoms with Gasteiger partial charge in [-0.2, -0.15) is 17.9 Å². The number of alkyl halides is 3. The minimum Gasteiger partial charge on any atom is -0.423 e. The first-order valence-corrected chi connectivity index (χ1v) is 12.5. The lowest BCUT2D eigenvalue weighted by molar-refractivity contribution is -0.137. The van der Waals surface area contributed by atoms with Gasteiger partial charge in [0.15, 0.2) is 0 Å². The Bertz CT molecular complexity index is 1510. The highest BCUT2D eigenvalue weighted by Gasteiger charge is 2.30. The van der Waals surface area contributed by atoms with Crippen LogP contribution in [0.4, 0.5) is 13.2 Å². The van der Waals surface area contributed by atoms with Crippen LogP contribution in [0.5, 0.6) is 5.75 Å². The van der Waals surface area contributed by atoms with Crippen LogP contribution in [-0.4, -0.2) is 33.7 Å². The van der Waals surface area contributed by atoms with Crippen molar-refractivity contribution in [3.63, 3.8) is 0 Å². The number of benzene rings is 3. The van der Waals surface area contributed by atoms with Crippen LogP contribution in [0, 0.1) is 0 Å². The summed E-state index contributed by atoms with van der Waals surface area (Å²) in [7, 11) is 0. The predicted octanol–water partition coefficient (Wildman–Crippen LogP) is 6.71. The van der Waals surface area contributed by atoms with Crippen molar-refractivity contribution in [2.45, 2.75) is 33.1 Å². The summed E-state index contributed by atoms with van der Waals surface area (Å²) in [6.07, 6.45) is -4.49. The van der Waals surface area contributed by atoms with Gasteiger partial charge in [0, 0.05) is 22.7 Å². The zero-order valence-electron chi connectivity index (χ0n) is 21.6. The molecular formula is C28H26Cl2F3N3O4. The maximum absolute atomic E-state index is 13.0. The van der Waals surface area contributed by atoms with Crippen molar-refractivity contribution in [1.29, 1.82) is 0 Å². The fourth-order valence-corrected chi connectivity index (χ4v) is 4.11. The summed E-state index contributed by atoms with van der Waals surface area (Å²) < 4.78 is 50.4. The lowest BCUT2D eigenvalue weighted by atomic mass is 10.1. The zero-order valence-corrected chi connectivity index (χ0v) is 23.1. The van der Waals surface area contributed by atoms with Crippen molar-refractivity contribution in [1.82, 2.24) is 14.7 Å². The second kappa shape index (κ2) is 13.2. The monoisotopic (exact) mass is 595 g/mol. The first kappa shape index (κ1) is 30.9. The molecular weight excluding hydrogens is 570 g/mol. The largest absolute Gasteiger partial charge is 0.437 e. The molecule has 0 saturated carbocycles. The van der Waals surface area contributed by atoms with Crippen LogP contribution >= 0.6 is 24.0 Å². The molecule has 0 unspecified atom stereocenters. The van der Waals surface area contributed by atoms with Gasteiger partial charge < -0.3 is 9.15 Å². The number of nitrogens with zero attached hydrogens (tertiary/aromatic N) is 3. The van der Waals surface area contributed by atoms with Crippen molar-refractivity contribution in [2.24, 2.45) is 0 Å². The van der Waals surface area contributed by atoms with E-state index >= 15 is 0 Å². The molecule has 4 rings (SSSR count). The van der Waals surface area contributed by atoms with E-state index in [1.54, 1.807) is 24.3 Å². The van der Waals surface area contributed by atoms with Crippen molar-refractivity contribution in [3.8, 4) is 17.2 Å². The molecule has 0 aliphatic rings. The van der Waals surface area contributed by atoms with Crippen molar-refractivity contribution in [2.75, 3.05) is 13.1 Å². The molecule has 0 spiro atoms. The van der Waals surface area contributed by atoms with Gasteiger partial charge in [-0.1, -0.05) is 37.6 Å². The summed E-state index contributed by atoms with van der Waals surface area (Å²) in [5.41, 5.74) is 1.07. The Morgan fingerprint density at radius 2 is 1.75 bits per heavy atom. The Morgan fingerprint density at radius 1 is 1.05 bits per heavy atom. The number of esters is 1. The molecule has 40 heavy (non-hydrogen) atoms. The van der Waals surface area contributed by atoms with Gasteiger partial charge in [-0.05, 0) is 73.3 Å². The third kappa shape index (κ3) is 7.53. The summed E-state index contributed by atoms with van der Waals surface area (Å²) >= 11 is 6.16. The summed E-state index contributed by atoms with van der Waals surface area (Å²) in [6.45, 7) is 6.42. The highest BCUT2D eigenvalue weighted by atomic mass is 35.5. The Morgan fingerprint density at radius 3 is 2.40 bits per heavy atom. The second-order valence-electron chi connectivity index (χ2n) is 8.71. The molecule has 0 aliphatic carbocycles. The molecule has 4 aromatic rings. The van der Waals surface area contributed by atoms with Crippen molar-refractivity contribution >= 4 is 30.0 Å². The molecule has 0 aliphatic heterocycles. The van der Waals surface area contributed by atoms with E-state index in [9.17, 15) is 22.8 Å². The van der Waals surface area contributed by atoms with E-state index in [1.165, 1.54) is 24.3 Å². The summed E-state index contributed by atoms with van der Waals surface area (Å²) in [5, 5.41) is 4.44. The Labute approximate surface area is 239 Å². The normalized spacial score (nSPS) is 11.4. The van der Waals surface area contributed by atoms with Crippen LogP contribution in [0.1, 0.15) is 40.9 Å². The number of carbonyl (C=O) groups excluding carboxylic acids is 1. The number of hydrogen-bond donors (Lipinski definition) is 0. The molecule has 0 atom stereocenters. The van der Waals surface area contributed by atoms with Gasteiger partial charge >= 0.3 is 17.9 Å². The molecule has 0 bridgehead atoms. The Balaban J connectivity index is 0.00000441. The van der Waals surface area contributed by atoms with E-state index in [2.05, 4.69) is 23.8 Å². The lowest BCUT2D eigenvalue weighted by Crippen LogP contribution is -2.22. The third-order valence-corrected chi connectivity index (χ3v) is 6.31. The number of hydrogen-bond acceptors (Lipinski definition) is 6. The summed E-state index contributed by atoms with van der Waals surface area (Å²) in [5.74, 6) is -1.41. The second-order valence-corrected chi connectivity index (χ2v) is 9.15. The van der Waals surface area contributed by atoms with Crippen LogP contribution in [0.15, 0.2) is 75.9 Å². The van der Waals surface area contributed by atoms with Gasteiger partial charge in [0.2, 0.25) is 5.89 Å². The molecule has 212 valence electrons. The topological polar surface area (TPSA) is 77.6 Å². The van der Waals surface area contributed by atoms with Gasteiger partial charge in [-0.15, -0.1) is 17.5 Å². The van der Waals surface area contributed by atoms with Gasteiger partial charge in [-0.3, -0.25) is 4.90 Å². The number of aromatic nitrogens is 2. The van der Waals surface area contributed by atoms with Crippen LogP contribution < -0.4 is 10.5 Å². The average Bonchev–Trinajstić information content (AvgIpc) is 3.28. The predicted molar refractivity (Wildman–Crippen MR) is 147 cm³/mol. The SMILES string of the molecule is CCN(CC)Cc1cccc(C(=O)Oc2ccc(Cl)cc2Cn2nc(-c3ccc(C(F)(F)F)cc3)oc2=O)c1.Cl. The maximum atomic E-state index is 13.0. The molecule has 0 N–H and O–H groups in total. The first-order chi connectivity index (χ1) is 18.6. The summed E-state index contributed by atoms with van der Waals surface area (Å²) in [4.78, 5) is 27.7. The minimum absolute atomic E-state index is 0. The number of carbonyl (C=O) groups is 1. The van der Waals surface area contributed by atoms with Gasteiger partial charge in [0.25, 0.3) is 0 Å². The van der Waals surface area contributed by atoms with E-state index in [0.29, 0.717) is 22.7 Å². The maximum Gasteiger partial charge on any atom is 0.437 e. The van der Waals surface area contributed by atoms with Crippen LogP contribution in [-0.2, 0) is 19.3 Å². The molecule has 12 heteroatoms. The average molecular weight is 596 g/mol. The van der Waals surface area contributed by atoms with E-state index in [0.717, 1.165) is 35.5 Å². The molecule has 1 aromatic heterocycles. The number of rotatable bonds is 9. The van der Waals surface area contributed by atoms with Crippen molar-refractivity contribution in [3.05, 3.63) is 105 Å².